The summed E-state index contributed by atoms with van der Waals surface area (Å²) in [7, 11) is 1.40. The van der Waals surface area contributed by atoms with Crippen LogP contribution in [0, 0.1) is 17.8 Å². The van der Waals surface area contributed by atoms with Gasteiger partial charge >= 0.3 is 6.09 Å². The highest BCUT2D eigenvalue weighted by atomic mass is 16.7. The zero-order chi connectivity index (χ0) is 36.8. The molecule has 8 N–H and O–H groups in total. The van der Waals surface area contributed by atoms with Crippen molar-refractivity contribution < 1.29 is 59.2 Å². The summed E-state index contributed by atoms with van der Waals surface area (Å²) in [6, 6.07) is -2.02. The number of allylic oxidation sites excluding steroid dienone is 1. The number of nitrogens with one attached hydrogen (secondary N) is 2. The molecule has 0 bridgehead atoms. The van der Waals surface area contributed by atoms with Crippen LogP contribution in [0.3, 0.4) is 0 Å². The molecule has 2 aliphatic heterocycles. The average Bonchev–Trinajstić information content (AvgIpc) is 3.00. The molecule has 1 saturated heterocycles. The lowest BCUT2D eigenvalue weighted by atomic mass is 9.68. The van der Waals surface area contributed by atoms with Gasteiger partial charge in [0.15, 0.2) is 6.29 Å². The largest absolute Gasteiger partial charge is 0.493 e. The molecule has 0 radical (unpaired) electrons. The molecule has 0 spiro atoms. The Morgan fingerprint density at radius 1 is 1.16 bits per heavy atom. The molecule has 2 fully saturated rings. The van der Waals surface area contributed by atoms with Gasteiger partial charge in [-0.3, -0.25) is 4.79 Å². The van der Waals surface area contributed by atoms with Gasteiger partial charge in [-0.2, -0.15) is 0 Å². The maximum Gasteiger partial charge on any atom is 0.410 e. The lowest BCUT2D eigenvalue weighted by Crippen LogP contribution is -2.69. The summed E-state index contributed by atoms with van der Waals surface area (Å²) in [4.78, 5) is 27.1. The topological polar surface area (TPSA) is 220 Å². The predicted octanol–water partition coefficient (Wildman–Crippen LogP) is -0.0103. The molecular formula is C34H61N3O12. The zero-order valence-corrected chi connectivity index (χ0v) is 30.2. The van der Waals surface area contributed by atoms with Gasteiger partial charge in [0.1, 0.15) is 41.4 Å². The van der Waals surface area contributed by atoms with Gasteiger partial charge in [0.25, 0.3) is 0 Å². The average molecular weight is 704 g/mol. The van der Waals surface area contributed by atoms with Crippen LogP contribution in [0.2, 0.25) is 0 Å². The van der Waals surface area contributed by atoms with E-state index in [0.717, 1.165) is 4.90 Å². The van der Waals surface area contributed by atoms with Gasteiger partial charge in [-0.25, -0.2) is 4.79 Å². The minimum Gasteiger partial charge on any atom is -0.493 e. The molecule has 0 aromatic rings. The standard InChI is InChI=1S/C34H61N3O12/c1-9-10-23(40)30(43)36-22-13-19(3)24(27-18(2)11-12-21(47-27)15-35-14-20(39)16-38)25(41)28(22)48-31-26(42)29(34(7,45)17-46-31)37(8)32(44)49-33(4,5)6/h12,18-20,22-29,31,35,38-42,45H,9-11,13-17H2,1-8H3,(H,36,43). The van der Waals surface area contributed by atoms with Crippen LogP contribution in [-0.2, 0) is 23.7 Å². The van der Waals surface area contributed by atoms with Crippen molar-refractivity contribution in [3.05, 3.63) is 11.8 Å². The van der Waals surface area contributed by atoms with E-state index in [1.807, 2.05) is 26.8 Å². The van der Waals surface area contributed by atoms with Gasteiger partial charge in [-0.15, -0.1) is 0 Å². The third-order valence-corrected chi connectivity index (χ3v) is 9.61. The Labute approximate surface area is 289 Å². The van der Waals surface area contributed by atoms with Crippen molar-refractivity contribution in [1.82, 2.24) is 15.5 Å². The van der Waals surface area contributed by atoms with E-state index in [9.17, 15) is 35.1 Å². The second-order valence-corrected chi connectivity index (χ2v) is 15.3. The highest BCUT2D eigenvalue weighted by molar-refractivity contribution is 5.80. The van der Waals surface area contributed by atoms with E-state index < -0.39 is 84.1 Å². The number of nitrogens with zero attached hydrogens (tertiary/aromatic N) is 1. The smallest absolute Gasteiger partial charge is 0.410 e. The number of rotatable bonds is 13. The highest BCUT2D eigenvalue weighted by Crippen LogP contribution is 2.42. The van der Waals surface area contributed by atoms with Crippen molar-refractivity contribution in [2.24, 2.45) is 17.8 Å². The minimum absolute atomic E-state index is 0.00877. The quantitative estimate of drug-likeness (QED) is 0.127. The molecule has 0 aromatic carbocycles. The zero-order valence-electron chi connectivity index (χ0n) is 30.2. The number of aliphatic hydroxyl groups is 6. The van der Waals surface area contributed by atoms with Crippen molar-refractivity contribution in [3.8, 4) is 0 Å². The summed E-state index contributed by atoms with van der Waals surface area (Å²) < 4.78 is 24.1. The first-order valence-corrected chi connectivity index (χ1v) is 17.5. The fourth-order valence-corrected chi connectivity index (χ4v) is 7.11. The maximum absolute atomic E-state index is 13.0. The first kappa shape index (κ1) is 41.3. The van der Waals surface area contributed by atoms with E-state index in [4.69, 9.17) is 24.1 Å². The van der Waals surface area contributed by atoms with E-state index in [1.54, 1.807) is 20.8 Å². The number of ether oxygens (including phenoxy) is 4. The van der Waals surface area contributed by atoms with Crippen LogP contribution in [0.25, 0.3) is 0 Å². The molecule has 284 valence electrons. The summed E-state index contributed by atoms with van der Waals surface area (Å²) in [5.74, 6) is -0.680. The Bertz CT molecular complexity index is 1120. The molecule has 1 saturated carbocycles. The van der Waals surface area contributed by atoms with E-state index in [0.29, 0.717) is 31.6 Å². The van der Waals surface area contributed by atoms with Crippen LogP contribution < -0.4 is 10.6 Å². The van der Waals surface area contributed by atoms with Crippen molar-refractivity contribution >= 4 is 12.0 Å². The van der Waals surface area contributed by atoms with Gasteiger partial charge in [-0.1, -0.05) is 27.2 Å². The summed E-state index contributed by atoms with van der Waals surface area (Å²) >= 11 is 0. The fraction of sp³-hybridized carbons (Fsp3) is 0.882. The Balaban J connectivity index is 1.89. The van der Waals surface area contributed by atoms with Crippen LogP contribution >= 0.6 is 0 Å². The molecule has 15 heteroatoms. The fourth-order valence-electron chi connectivity index (χ4n) is 7.11. The summed E-state index contributed by atoms with van der Waals surface area (Å²) in [6.07, 6.45) is -5.04. The molecule has 0 aromatic heterocycles. The van der Waals surface area contributed by atoms with Crippen LogP contribution in [0.4, 0.5) is 4.79 Å². The molecule has 1 aliphatic carbocycles. The predicted molar refractivity (Wildman–Crippen MR) is 178 cm³/mol. The monoisotopic (exact) mass is 703 g/mol. The van der Waals surface area contributed by atoms with Gasteiger partial charge in [0.2, 0.25) is 5.91 Å². The lowest BCUT2D eigenvalue weighted by Gasteiger charge is -2.51. The van der Waals surface area contributed by atoms with Crippen LogP contribution in [0.15, 0.2) is 11.8 Å². The van der Waals surface area contributed by atoms with E-state index in [1.165, 1.54) is 14.0 Å². The number of aliphatic hydroxyl groups excluding tert-OH is 5. The number of amides is 2. The Morgan fingerprint density at radius 2 is 1.84 bits per heavy atom. The first-order chi connectivity index (χ1) is 22.8. The Morgan fingerprint density at radius 3 is 2.45 bits per heavy atom. The molecule has 2 amide bonds. The summed E-state index contributed by atoms with van der Waals surface area (Å²) in [5.41, 5.74) is -2.53. The normalized spacial score (nSPS) is 36.6. The number of carbonyl (C=O) groups is 2. The summed E-state index contributed by atoms with van der Waals surface area (Å²) in [5, 5.41) is 70.0. The van der Waals surface area contributed by atoms with Crippen molar-refractivity contribution in [1.29, 1.82) is 0 Å². The first-order valence-electron chi connectivity index (χ1n) is 17.5. The molecule has 15 nitrogen and oxygen atoms in total. The maximum atomic E-state index is 13.0. The number of hydrogen-bond acceptors (Lipinski definition) is 13. The highest BCUT2D eigenvalue weighted by Gasteiger charge is 2.55. The molecule has 13 atom stereocenters. The van der Waals surface area contributed by atoms with Gasteiger partial charge in [0, 0.05) is 19.5 Å². The molecule has 3 aliphatic rings. The van der Waals surface area contributed by atoms with Gasteiger partial charge < -0.3 is 65.1 Å². The van der Waals surface area contributed by atoms with E-state index in [-0.39, 0.29) is 38.0 Å². The Kier molecular flexibility index (Phi) is 14.7. The van der Waals surface area contributed by atoms with Crippen molar-refractivity contribution in [3.63, 3.8) is 0 Å². The lowest BCUT2D eigenvalue weighted by molar-refractivity contribution is -0.307. The second kappa shape index (κ2) is 17.4. The molecule has 49 heavy (non-hydrogen) atoms. The van der Waals surface area contributed by atoms with Crippen LogP contribution in [0.1, 0.15) is 74.1 Å². The van der Waals surface area contributed by atoms with Crippen LogP contribution in [-0.4, -0.2) is 147 Å². The van der Waals surface area contributed by atoms with Crippen LogP contribution in [0.5, 0.6) is 0 Å². The SMILES string of the molecule is CCCC(O)C(=O)NC1CC(C)C(C2OC(CNCC(O)CO)=CCC2C)C(O)C1OC1OCC(C)(O)C(N(C)C(=O)OC(C)(C)C)C1O. The van der Waals surface area contributed by atoms with Gasteiger partial charge in [0.05, 0.1) is 44.1 Å². The Hall–Kier alpha value is -2.08. The summed E-state index contributed by atoms with van der Waals surface area (Å²) in [6.45, 7) is 12.1. The van der Waals surface area contributed by atoms with E-state index in [2.05, 4.69) is 10.6 Å². The molecule has 2 heterocycles. The number of likely N-dealkylation sites (N-methyl/N-ethyl adjacent to an activating group) is 1. The molecule has 3 rings (SSSR count). The second-order valence-electron chi connectivity index (χ2n) is 15.3. The number of carbonyl (C=O) groups excluding carboxylic acids is 2. The van der Waals surface area contributed by atoms with Crippen molar-refractivity contribution in [2.45, 2.75) is 140 Å². The van der Waals surface area contributed by atoms with E-state index >= 15 is 0 Å². The third-order valence-electron chi connectivity index (χ3n) is 9.61. The molecule has 13 unspecified atom stereocenters. The minimum atomic E-state index is -1.69. The van der Waals surface area contributed by atoms with Gasteiger partial charge in [-0.05, 0) is 64.9 Å². The third kappa shape index (κ3) is 10.7. The number of hydrogen-bond donors (Lipinski definition) is 8. The van der Waals surface area contributed by atoms with Crippen molar-refractivity contribution in [2.75, 3.05) is 33.4 Å². The molecular weight excluding hydrogens is 642 g/mol.